The first-order valence-corrected chi connectivity index (χ1v) is 14.3. The smallest absolute Gasteiger partial charge is 0.243 e. The van der Waals surface area contributed by atoms with E-state index >= 15 is 0 Å². The second-order valence-electron chi connectivity index (χ2n) is 8.68. The van der Waals surface area contributed by atoms with Crippen LogP contribution in [0.4, 0.5) is 0 Å². The Bertz CT molecular complexity index is 1450. The number of carbonyl (C=O) groups excluding carboxylic acids is 1. The van der Waals surface area contributed by atoms with Crippen LogP contribution < -0.4 is 5.73 Å². The van der Waals surface area contributed by atoms with Crippen LogP contribution >= 0.6 is 0 Å². The first-order valence-electron chi connectivity index (χ1n) is 11.4. The molecule has 0 fully saturated rings. The summed E-state index contributed by atoms with van der Waals surface area (Å²) in [6.45, 7) is 1.54. The van der Waals surface area contributed by atoms with Gasteiger partial charge in [0.05, 0.1) is 20.7 Å². The molecule has 1 amide bonds. The summed E-state index contributed by atoms with van der Waals surface area (Å²) in [7, 11) is -8.09. The number of benzene rings is 3. The van der Waals surface area contributed by atoms with E-state index in [0.29, 0.717) is 12.0 Å². The van der Waals surface area contributed by atoms with E-state index in [1.165, 1.54) is 34.6 Å². The number of amides is 1. The van der Waals surface area contributed by atoms with Gasteiger partial charge < -0.3 is 5.73 Å². The van der Waals surface area contributed by atoms with Crippen LogP contribution in [-0.2, 0) is 31.1 Å². The highest BCUT2D eigenvalue weighted by molar-refractivity contribution is 7.91. The third-order valence-electron chi connectivity index (χ3n) is 6.37. The van der Waals surface area contributed by atoms with Gasteiger partial charge in [-0.3, -0.25) is 4.79 Å². The van der Waals surface area contributed by atoms with Gasteiger partial charge in [0.15, 0.2) is 0 Å². The zero-order valence-corrected chi connectivity index (χ0v) is 21.1. The van der Waals surface area contributed by atoms with Crippen molar-refractivity contribution in [3.63, 3.8) is 0 Å². The molecule has 9 heteroatoms. The Morgan fingerprint density at radius 2 is 1.63 bits per heavy atom. The number of rotatable bonds is 8. The molecule has 0 radical (unpaired) electrons. The van der Waals surface area contributed by atoms with Crippen molar-refractivity contribution in [3.05, 3.63) is 89.5 Å². The number of hydrogen-bond acceptors (Lipinski definition) is 5. The van der Waals surface area contributed by atoms with E-state index < -0.39 is 31.8 Å². The number of sulfonamides is 1. The highest BCUT2D eigenvalue weighted by atomic mass is 32.2. The van der Waals surface area contributed by atoms with Crippen molar-refractivity contribution in [1.82, 2.24) is 4.31 Å². The Morgan fingerprint density at radius 1 is 0.943 bits per heavy atom. The lowest BCUT2D eigenvalue weighted by atomic mass is 9.87. The number of nitrogens with zero attached hydrogens (tertiary/aromatic N) is 1. The molecule has 3 aromatic rings. The molecule has 3 aromatic carbocycles. The number of fused-ring (bicyclic) bond motifs is 1. The van der Waals surface area contributed by atoms with Crippen LogP contribution in [0, 0.1) is 6.92 Å². The Kier molecular flexibility index (Phi) is 7.12. The van der Waals surface area contributed by atoms with E-state index in [1.54, 1.807) is 25.1 Å². The van der Waals surface area contributed by atoms with Gasteiger partial charge >= 0.3 is 0 Å². The predicted molar refractivity (Wildman–Crippen MR) is 133 cm³/mol. The van der Waals surface area contributed by atoms with Gasteiger partial charge in [-0.1, -0.05) is 48.5 Å². The zero-order valence-electron chi connectivity index (χ0n) is 19.4. The fraction of sp³-hybridized carbons (Fsp3) is 0.269. The third-order valence-corrected chi connectivity index (χ3v) is 10.2. The molecule has 2 N–H and O–H groups in total. The summed E-state index contributed by atoms with van der Waals surface area (Å²) in [6, 6.07) is 19.2. The van der Waals surface area contributed by atoms with Crippen LogP contribution in [0.1, 0.15) is 42.0 Å². The minimum atomic E-state index is -4.17. The molecule has 1 unspecified atom stereocenters. The molecule has 7 nitrogen and oxygen atoms in total. The minimum absolute atomic E-state index is 0.0824. The Hall–Kier alpha value is -3.01. The van der Waals surface area contributed by atoms with Gasteiger partial charge in [0.25, 0.3) is 0 Å². The van der Waals surface area contributed by atoms with Gasteiger partial charge in [-0.2, -0.15) is 4.31 Å². The molecule has 4 rings (SSSR count). The third kappa shape index (κ3) is 5.03. The maximum Gasteiger partial charge on any atom is 0.243 e. The number of hydrogen-bond donors (Lipinski definition) is 1. The van der Waals surface area contributed by atoms with Gasteiger partial charge in [-0.15, -0.1) is 0 Å². The standard InChI is InChI=1S/C26H28N2O5S2/c1-19-14-15-22(34(30,31)21-10-3-2-4-11-21)18-25(19)35(32,33)28(17-16-26(27)29)24-13-7-9-20-8-5-6-12-23(20)24/h2-6,8,10-12,14-15,18,24H,7,9,13,16-17H2,1H3,(H2,27,29). The van der Waals surface area contributed by atoms with Gasteiger partial charge in [0.1, 0.15) is 0 Å². The summed E-state index contributed by atoms with van der Waals surface area (Å²) in [5, 5.41) is 0. The average molecular weight is 513 g/mol. The minimum Gasteiger partial charge on any atom is -0.370 e. The van der Waals surface area contributed by atoms with Crippen LogP contribution in [0.2, 0.25) is 0 Å². The normalized spacial score (nSPS) is 16.1. The van der Waals surface area contributed by atoms with Crippen molar-refractivity contribution in [2.75, 3.05) is 6.54 Å². The number of carbonyl (C=O) groups is 1. The first kappa shape index (κ1) is 25.1. The molecule has 1 atom stereocenters. The Labute approximate surface area is 206 Å². The van der Waals surface area contributed by atoms with Gasteiger partial charge in [0, 0.05) is 13.0 Å². The fourth-order valence-electron chi connectivity index (χ4n) is 4.58. The van der Waals surface area contributed by atoms with Crippen LogP contribution in [0.3, 0.4) is 0 Å². The van der Waals surface area contributed by atoms with Crippen molar-refractivity contribution < 1.29 is 21.6 Å². The molecule has 1 aliphatic carbocycles. The highest BCUT2D eigenvalue weighted by Crippen LogP contribution is 2.38. The quantitative estimate of drug-likeness (QED) is 0.493. The van der Waals surface area contributed by atoms with Crippen molar-refractivity contribution in [2.24, 2.45) is 5.73 Å². The summed E-state index contributed by atoms with van der Waals surface area (Å²) in [5.74, 6) is -0.605. The highest BCUT2D eigenvalue weighted by Gasteiger charge is 2.36. The lowest BCUT2D eigenvalue weighted by Gasteiger charge is -2.35. The van der Waals surface area contributed by atoms with Crippen molar-refractivity contribution in [3.8, 4) is 0 Å². The largest absolute Gasteiger partial charge is 0.370 e. The van der Waals surface area contributed by atoms with Gasteiger partial charge in [0.2, 0.25) is 25.8 Å². The monoisotopic (exact) mass is 512 g/mol. The summed E-state index contributed by atoms with van der Waals surface area (Å²) >= 11 is 0. The molecule has 0 spiro atoms. The summed E-state index contributed by atoms with van der Waals surface area (Å²) in [4.78, 5) is 11.5. The molecule has 0 saturated carbocycles. The van der Waals surface area contributed by atoms with Crippen LogP contribution in [0.5, 0.6) is 0 Å². The molecule has 0 aliphatic heterocycles. The summed E-state index contributed by atoms with van der Waals surface area (Å²) < 4.78 is 55.9. The lowest BCUT2D eigenvalue weighted by Crippen LogP contribution is -2.39. The first-order chi connectivity index (χ1) is 16.6. The SMILES string of the molecule is Cc1ccc(S(=O)(=O)c2ccccc2)cc1S(=O)(=O)N(CCC(N)=O)C1CCCc2ccccc21. The molecule has 184 valence electrons. The molecule has 0 bridgehead atoms. The van der Waals surface area contributed by atoms with E-state index in [1.807, 2.05) is 24.3 Å². The van der Waals surface area contributed by atoms with Crippen LogP contribution in [0.15, 0.2) is 87.5 Å². The maximum atomic E-state index is 14.1. The predicted octanol–water partition coefficient (Wildman–Crippen LogP) is 3.77. The maximum absolute atomic E-state index is 14.1. The average Bonchev–Trinajstić information content (AvgIpc) is 2.84. The molecule has 0 heterocycles. The number of nitrogens with two attached hydrogens (primary N) is 1. The second kappa shape index (κ2) is 9.93. The van der Waals surface area contributed by atoms with E-state index in [0.717, 1.165) is 24.0 Å². The molecular formula is C26H28N2O5S2. The van der Waals surface area contributed by atoms with Gasteiger partial charge in [-0.25, -0.2) is 16.8 Å². The summed E-state index contributed by atoms with van der Waals surface area (Å²) in [6.07, 6.45) is 2.10. The van der Waals surface area contributed by atoms with Crippen molar-refractivity contribution >= 4 is 25.8 Å². The van der Waals surface area contributed by atoms with E-state index in [-0.39, 0.29) is 27.7 Å². The van der Waals surface area contributed by atoms with Crippen LogP contribution in [-0.4, -0.2) is 33.6 Å². The topological polar surface area (TPSA) is 115 Å². The van der Waals surface area contributed by atoms with E-state index in [9.17, 15) is 21.6 Å². The molecule has 0 saturated heterocycles. The van der Waals surface area contributed by atoms with Crippen molar-refractivity contribution in [1.29, 1.82) is 0 Å². The zero-order chi connectivity index (χ0) is 25.2. The number of aryl methyl sites for hydroxylation is 2. The number of primary amides is 1. The van der Waals surface area contributed by atoms with Crippen molar-refractivity contribution in [2.45, 2.75) is 53.3 Å². The Balaban J connectivity index is 1.82. The molecule has 0 aromatic heterocycles. The second-order valence-corrected chi connectivity index (χ2v) is 12.5. The lowest BCUT2D eigenvalue weighted by molar-refractivity contribution is -0.118. The molecular weight excluding hydrogens is 484 g/mol. The Morgan fingerprint density at radius 3 is 2.34 bits per heavy atom. The molecule has 1 aliphatic rings. The van der Waals surface area contributed by atoms with E-state index in [2.05, 4.69) is 0 Å². The van der Waals surface area contributed by atoms with E-state index in [4.69, 9.17) is 5.73 Å². The van der Waals surface area contributed by atoms with Gasteiger partial charge in [-0.05, 0) is 67.1 Å². The van der Waals surface area contributed by atoms with Crippen LogP contribution in [0.25, 0.3) is 0 Å². The number of sulfone groups is 1. The fourth-order valence-corrected chi connectivity index (χ4v) is 7.85. The molecule has 35 heavy (non-hydrogen) atoms. The summed E-state index contributed by atoms with van der Waals surface area (Å²) in [5.41, 5.74) is 7.77.